The van der Waals surface area contributed by atoms with Crippen LogP contribution in [0, 0.1) is 0 Å². The quantitative estimate of drug-likeness (QED) is 0.914. The zero-order valence-corrected chi connectivity index (χ0v) is 13.4. The van der Waals surface area contributed by atoms with Crippen molar-refractivity contribution in [1.29, 1.82) is 0 Å². The summed E-state index contributed by atoms with van der Waals surface area (Å²) in [5.74, 6) is -0.144. The molecule has 2 aromatic rings. The van der Waals surface area contributed by atoms with E-state index in [1.807, 2.05) is 16.8 Å². The van der Waals surface area contributed by atoms with Crippen molar-refractivity contribution in [2.75, 3.05) is 14.1 Å². The van der Waals surface area contributed by atoms with Crippen LogP contribution in [0.1, 0.15) is 15.9 Å². The Morgan fingerprint density at radius 2 is 1.90 bits per heavy atom. The molecule has 0 unspecified atom stereocenters. The van der Waals surface area contributed by atoms with Crippen LogP contribution >= 0.6 is 11.3 Å². The number of carbonyl (C=O) groups excluding carboxylic acids is 1. The second kappa shape index (κ2) is 6.38. The van der Waals surface area contributed by atoms with E-state index in [0.29, 0.717) is 12.1 Å². The topological polar surface area (TPSA) is 66.5 Å². The first kappa shape index (κ1) is 15.7. The fourth-order valence-electron chi connectivity index (χ4n) is 1.84. The number of sulfonamides is 1. The van der Waals surface area contributed by atoms with Crippen molar-refractivity contribution in [2.45, 2.75) is 11.4 Å². The lowest BCUT2D eigenvalue weighted by molar-refractivity contribution is 0.0785. The van der Waals surface area contributed by atoms with Crippen LogP contribution in [0.15, 0.2) is 46.0 Å². The molecule has 1 aromatic carbocycles. The molecular formula is C14H16N2O3S2. The molecule has 5 nitrogen and oxygen atoms in total. The zero-order chi connectivity index (χ0) is 15.5. The normalized spacial score (nSPS) is 11.3. The Balaban J connectivity index is 2.13. The van der Waals surface area contributed by atoms with E-state index in [9.17, 15) is 13.2 Å². The molecule has 112 valence electrons. The summed E-state index contributed by atoms with van der Waals surface area (Å²) < 4.78 is 25.5. The average Bonchev–Trinajstić information content (AvgIpc) is 2.99. The van der Waals surface area contributed by atoms with Crippen LogP contribution in [0.4, 0.5) is 0 Å². The molecule has 0 radical (unpaired) electrons. The number of rotatable bonds is 5. The Labute approximate surface area is 128 Å². The van der Waals surface area contributed by atoms with Crippen LogP contribution in [-0.4, -0.2) is 33.3 Å². The lowest BCUT2D eigenvalue weighted by Crippen LogP contribution is -2.26. The van der Waals surface area contributed by atoms with Gasteiger partial charge in [0, 0.05) is 19.2 Å². The number of hydrogen-bond donors (Lipinski definition) is 1. The Morgan fingerprint density at radius 1 is 1.24 bits per heavy atom. The van der Waals surface area contributed by atoms with Gasteiger partial charge in [0.15, 0.2) is 0 Å². The highest BCUT2D eigenvalue weighted by Crippen LogP contribution is 2.14. The van der Waals surface area contributed by atoms with E-state index >= 15 is 0 Å². The molecule has 0 fully saturated rings. The third-order valence-corrected chi connectivity index (χ3v) is 5.19. The second-order valence-electron chi connectivity index (χ2n) is 4.52. The first-order valence-corrected chi connectivity index (χ1v) is 8.67. The fraction of sp³-hybridized carbons (Fsp3) is 0.214. The summed E-state index contributed by atoms with van der Waals surface area (Å²) in [4.78, 5) is 14.0. The van der Waals surface area contributed by atoms with Crippen molar-refractivity contribution in [1.82, 2.24) is 9.62 Å². The SMILES string of the molecule is CNS(=O)(=O)c1ccc(C(=O)N(C)Cc2ccsc2)cc1. The molecule has 7 heteroatoms. The molecule has 0 aliphatic heterocycles. The van der Waals surface area contributed by atoms with Gasteiger partial charge in [-0.25, -0.2) is 13.1 Å². The summed E-state index contributed by atoms with van der Waals surface area (Å²) in [5.41, 5.74) is 1.54. The highest BCUT2D eigenvalue weighted by molar-refractivity contribution is 7.89. The monoisotopic (exact) mass is 324 g/mol. The number of nitrogens with one attached hydrogen (secondary N) is 1. The van der Waals surface area contributed by atoms with Gasteiger partial charge in [-0.05, 0) is 53.7 Å². The van der Waals surface area contributed by atoms with Crippen molar-refractivity contribution >= 4 is 27.3 Å². The third kappa shape index (κ3) is 3.69. The summed E-state index contributed by atoms with van der Waals surface area (Å²) in [6.07, 6.45) is 0. The molecule has 1 heterocycles. The molecule has 0 aliphatic carbocycles. The standard InChI is InChI=1S/C14H16N2O3S2/c1-15-21(18,19)13-5-3-12(4-6-13)14(17)16(2)9-11-7-8-20-10-11/h3-8,10,15H,9H2,1-2H3. The number of thiophene rings is 1. The predicted molar refractivity (Wildman–Crippen MR) is 82.8 cm³/mol. The van der Waals surface area contributed by atoms with E-state index in [2.05, 4.69) is 4.72 Å². The zero-order valence-electron chi connectivity index (χ0n) is 11.7. The summed E-state index contributed by atoms with van der Waals surface area (Å²) in [7, 11) is -0.405. The van der Waals surface area contributed by atoms with E-state index in [1.54, 1.807) is 23.3 Å². The predicted octanol–water partition coefficient (Wildman–Crippen LogP) is 1.93. The molecule has 0 saturated carbocycles. The van der Waals surface area contributed by atoms with Gasteiger partial charge in [0.05, 0.1) is 4.90 Å². The number of benzene rings is 1. The number of nitrogens with zero attached hydrogens (tertiary/aromatic N) is 1. The Kier molecular flexibility index (Phi) is 4.76. The van der Waals surface area contributed by atoms with Gasteiger partial charge in [0.2, 0.25) is 10.0 Å². The van der Waals surface area contributed by atoms with E-state index in [1.165, 1.54) is 31.3 Å². The molecular weight excluding hydrogens is 308 g/mol. The van der Waals surface area contributed by atoms with Crippen LogP contribution in [-0.2, 0) is 16.6 Å². The Bertz CT molecular complexity index is 707. The molecule has 0 atom stereocenters. The number of carbonyl (C=O) groups is 1. The third-order valence-electron chi connectivity index (χ3n) is 3.03. The van der Waals surface area contributed by atoms with Gasteiger partial charge in [0.25, 0.3) is 5.91 Å². The molecule has 1 N–H and O–H groups in total. The van der Waals surface area contributed by atoms with Crippen LogP contribution in [0.5, 0.6) is 0 Å². The number of hydrogen-bond acceptors (Lipinski definition) is 4. The second-order valence-corrected chi connectivity index (χ2v) is 7.19. The molecule has 0 saturated heterocycles. The van der Waals surface area contributed by atoms with Crippen molar-refractivity contribution in [2.24, 2.45) is 0 Å². The van der Waals surface area contributed by atoms with Crippen molar-refractivity contribution in [3.05, 3.63) is 52.2 Å². The van der Waals surface area contributed by atoms with Gasteiger partial charge < -0.3 is 4.90 Å². The van der Waals surface area contributed by atoms with E-state index in [0.717, 1.165) is 5.56 Å². The van der Waals surface area contributed by atoms with Crippen LogP contribution in [0.3, 0.4) is 0 Å². The van der Waals surface area contributed by atoms with Gasteiger partial charge in [-0.15, -0.1) is 0 Å². The summed E-state index contributed by atoms with van der Waals surface area (Å²) in [5, 5.41) is 3.96. The van der Waals surface area contributed by atoms with E-state index in [-0.39, 0.29) is 10.8 Å². The molecule has 21 heavy (non-hydrogen) atoms. The van der Waals surface area contributed by atoms with Crippen LogP contribution in [0.2, 0.25) is 0 Å². The maximum atomic E-state index is 12.3. The minimum absolute atomic E-state index is 0.141. The number of amides is 1. The molecule has 0 bridgehead atoms. The Hall–Kier alpha value is -1.70. The summed E-state index contributed by atoms with van der Waals surface area (Å²) in [6.45, 7) is 0.527. The maximum Gasteiger partial charge on any atom is 0.253 e. The largest absolute Gasteiger partial charge is 0.337 e. The van der Waals surface area contributed by atoms with Gasteiger partial charge in [-0.3, -0.25) is 4.79 Å². The van der Waals surface area contributed by atoms with E-state index < -0.39 is 10.0 Å². The van der Waals surface area contributed by atoms with E-state index in [4.69, 9.17) is 0 Å². The average molecular weight is 324 g/mol. The minimum Gasteiger partial charge on any atom is -0.337 e. The van der Waals surface area contributed by atoms with Gasteiger partial charge in [0.1, 0.15) is 0 Å². The smallest absolute Gasteiger partial charge is 0.253 e. The van der Waals surface area contributed by atoms with Crippen molar-refractivity contribution in [3.8, 4) is 0 Å². The molecule has 0 spiro atoms. The highest BCUT2D eigenvalue weighted by Gasteiger charge is 2.15. The van der Waals surface area contributed by atoms with Gasteiger partial charge >= 0.3 is 0 Å². The fourth-order valence-corrected chi connectivity index (χ4v) is 3.23. The summed E-state index contributed by atoms with van der Waals surface area (Å²) >= 11 is 1.58. The minimum atomic E-state index is -3.48. The van der Waals surface area contributed by atoms with Gasteiger partial charge in [-0.2, -0.15) is 11.3 Å². The Morgan fingerprint density at radius 3 is 2.43 bits per heavy atom. The molecule has 2 rings (SSSR count). The van der Waals surface area contributed by atoms with Crippen molar-refractivity contribution < 1.29 is 13.2 Å². The lowest BCUT2D eigenvalue weighted by atomic mass is 10.2. The molecule has 0 aliphatic rings. The maximum absolute atomic E-state index is 12.3. The van der Waals surface area contributed by atoms with Crippen molar-refractivity contribution in [3.63, 3.8) is 0 Å². The molecule has 1 amide bonds. The molecule has 1 aromatic heterocycles. The summed E-state index contributed by atoms with van der Waals surface area (Å²) in [6, 6.07) is 7.87. The lowest BCUT2D eigenvalue weighted by Gasteiger charge is -2.16. The first-order chi connectivity index (χ1) is 9.94. The van der Waals surface area contributed by atoms with Crippen LogP contribution < -0.4 is 4.72 Å². The highest BCUT2D eigenvalue weighted by atomic mass is 32.2. The van der Waals surface area contributed by atoms with Crippen LogP contribution in [0.25, 0.3) is 0 Å². The van der Waals surface area contributed by atoms with Gasteiger partial charge in [-0.1, -0.05) is 0 Å². The first-order valence-electron chi connectivity index (χ1n) is 6.24.